The molecule has 1 saturated carbocycles. The van der Waals surface area contributed by atoms with Crippen LogP contribution in [0.4, 0.5) is 0 Å². The van der Waals surface area contributed by atoms with Crippen LogP contribution in [0.5, 0.6) is 0 Å². The van der Waals surface area contributed by atoms with Crippen LogP contribution in [0.3, 0.4) is 0 Å². The van der Waals surface area contributed by atoms with Gasteiger partial charge in [-0.25, -0.2) is 0 Å². The lowest BCUT2D eigenvalue weighted by atomic mass is 9.56. The number of carbonyl (C=O) groups is 1. The van der Waals surface area contributed by atoms with Crippen LogP contribution in [0.25, 0.3) is 0 Å². The Hall–Kier alpha value is -1.15. The van der Waals surface area contributed by atoms with Crippen LogP contribution < -0.4 is 0 Å². The third kappa shape index (κ3) is 10.0. The van der Waals surface area contributed by atoms with Gasteiger partial charge in [0, 0.05) is 19.4 Å². The van der Waals surface area contributed by atoms with Gasteiger partial charge in [0.2, 0.25) is 0 Å². The molecule has 2 saturated heterocycles. The summed E-state index contributed by atoms with van der Waals surface area (Å²) in [6.45, 7) is 16.6. The quantitative estimate of drug-likeness (QED) is 0.126. The first kappa shape index (κ1) is 41.3. The fourth-order valence-electron chi connectivity index (χ4n) is 7.61. The van der Waals surface area contributed by atoms with E-state index in [0.29, 0.717) is 18.8 Å². The van der Waals surface area contributed by atoms with Crippen LogP contribution in [-0.2, 0) is 33.2 Å². The van der Waals surface area contributed by atoms with Gasteiger partial charge in [-0.3, -0.25) is 4.79 Å². The van der Waals surface area contributed by atoms with Crippen molar-refractivity contribution in [1.82, 2.24) is 0 Å². The molecular formula is C37H66O11. The lowest BCUT2D eigenvalue weighted by Gasteiger charge is -2.56. The van der Waals surface area contributed by atoms with Gasteiger partial charge >= 0.3 is 5.97 Å². The zero-order valence-corrected chi connectivity index (χ0v) is 31.0. The Balaban J connectivity index is 1.90. The first-order valence-electron chi connectivity index (χ1n) is 18.2. The summed E-state index contributed by atoms with van der Waals surface area (Å²) in [4.78, 5) is 13.3. The average molecular weight is 687 g/mol. The molecular weight excluding hydrogens is 620 g/mol. The standard InChI is InChI=1S/C37H66O11/c1-11-12-15-27-18-37(42,25(27)7)34(48-30-16-13-14-23(5)45-30)24(6)29(47-31-19-36(9,43-10)33(40)26(8)46-31)17-22(4)35(41)44-20-28(38)32(39)21(2)3/h11-12,21-34,38-40,42H,13-20H2,1-10H3/b12-11+/t22-,23-,24+,25+,26-,27+,28?,29+,30+,31-,32?,33-,34-,36+,37+/m1/s1. The van der Waals surface area contributed by atoms with Gasteiger partial charge in [-0.15, -0.1) is 0 Å². The van der Waals surface area contributed by atoms with Crippen molar-refractivity contribution in [1.29, 1.82) is 0 Å². The van der Waals surface area contributed by atoms with E-state index < -0.39 is 78.2 Å². The second-order valence-electron chi connectivity index (χ2n) is 15.5. The number of hydrogen-bond donors (Lipinski definition) is 4. The Morgan fingerprint density at radius 3 is 2.29 bits per heavy atom. The molecule has 280 valence electrons. The van der Waals surface area contributed by atoms with Crippen LogP contribution in [0, 0.1) is 29.6 Å². The van der Waals surface area contributed by atoms with Crippen molar-refractivity contribution < 1.29 is 53.6 Å². The summed E-state index contributed by atoms with van der Waals surface area (Å²) in [5, 5.41) is 43.7. The summed E-state index contributed by atoms with van der Waals surface area (Å²) in [6.07, 6.45) is 2.43. The molecule has 0 bridgehead atoms. The third-order valence-electron chi connectivity index (χ3n) is 11.3. The van der Waals surface area contributed by atoms with E-state index in [1.54, 1.807) is 34.8 Å². The molecule has 2 heterocycles. The highest BCUT2D eigenvalue weighted by Gasteiger charge is 2.58. The van der Waals surface area contributed by atoms with Crippen molar-refractivity contribution in [3.63, 3.8) is 0 Å². The van der Waals surface area contributed by atoms with Gasteiger partial charge in [-0.05, 0) is 84.0 Å². The lowest BCUT2D eigenvalue weighted by molar-refractivity contribution is -0.316. The second kappa shape index (κ2) is 17.9. The second-order valence-corrected chi connectivity index (χ2v) is 15.5. The molecule has 0 amide bonds. The molecule has 1 aliphatic carbocycles. The molecule has 0 radical (unpaired) electrons. The first-order valence-corrected chi connectivity index (χ1v) is 18.2. The summed E-state index contributed by atoms with van der Waals surface area (Å²) in [7, 11) is 1.55. The molecule has 48 heavy (non-hydrogen) atoms. The predicted molar refractivity (Wildman–Crippen MR) is 181 cm³/mol. The summed E-state index contributed by atoms with van der Waals surface area (Å²) >= 11 is 0. The van der Waals surface area contributed by atoms with Crippen LogP contribution in [0.15, 0.2) is 12.2 Å². The molecule has 11 nitrogen and oxygen atoms in total. The van der Waals surface area contributed by atoms with Crippen LogP contribution in [0.1, 0.15) is 107 Å². The zero-order valence-electron chi connectivity index (χ0n) is 31.0. The maximum Gasteiger partial charge on any atom is 0.308 e. The fraction of sp³-hybridized carbons (Fsp3) is 0.919. The van der Waals surface area contributed by atoms with Gasteiger partial charge in [-0.1, -0.05) is 46.8 Å². The van der Waals surface area contributed by atoms with E-state index >= 15 is 0 Å². The Kier molecular flexibility index (Phi) is 15.4. The fourth-order valence-corrected chi connectivity index (χ4v) is 7.61. The largest absolute Gasteiger partial charge is 0.463 e. The SMILES string of the molecule is C/C=C/C[C@H]1C[C@@](O)([C@H](O[C@H]2CCC[C@@H](C)O2)[C@@H](C)[C@H](C[C@@H](C)C(=O)OCC(O)C(O)C(C)C)O[C@@H]2C[C@](C)(OC)[C@H](O)[C@@H](C)O2)[C@H]1C. The van der Waals surface area contributed by atoms with E-state index in [-0.39, 0.29) is 37.4 Å². The molecule has 2 unspecified atom stereocenters. The number of hydrogen-bond acceptors (Lipinski definition) is 11. The third-order valence-corrected chi connectivity index (χ3v) is 11.3. The molecule has 0 spiro atoms. The number of esters is 1. The number of methoxy groups -OCH3 is 1. The minimum atomic E-state index is -1.21. The van der Waals surface area contributed by atoms with Crippen molar-refractivity contribution in [2.24, 2.45) is 29.6 Å². The van der Waals surface area contributed by atoms with Crippen LogP contribution in [0.2, 0.25) is 0 Å². The summed E-state index contributed by atoms with van der Waals surface area (Å²) in [5.41, 5.74) is -2.08. The Morgan fingerprint density at radius 2 is 1.71 bits per heavy atom. The van der Waals surface area contributed by atoms with Gasteiger partial charge < -0.3 is 48.8 Å². The van der Waals surface area contributed by atoms with Gasteiger partial charge in [0.15, 0.2) is 12.6 Å². The van der Waals surface area contributed by atoms with Gasteiger partial charge in [0.25, 0.3) is 0 Å². The normalized spacial score (nSPS) is 38.2. The molecule has 3 fully saturated rings. The van der Waals surface area contributed by atoms with Crippen molar-refractivity contribution in [3.05, 3.63) is 12.2 Å². The highest BCUT2D eigenvalue weighted by Crippen LogP contribution is 2.51. The van der Waals surface area contributed by atoms with E-state index in [4.69, 9.17) is 28.4 Å². The van der Waals surface area contributed by atoms with Crippen molar-refractivity contribution in [2.45, 2.75) is 174 Å². The Labute approximate surface area is 288 Å². The number of aliphatic hydroxyl groups is 4. The van der Waals surface area contributed by atoms with E-state index in [1.165, 1.54) is 0 Å². The van der Waals surface area contributed by atoms with Crippen molar-refractivity contribution >= 4 is 5.97 Å². The number of allylic oxidation sites excluding steroid dienone is 2. The maximum atomic E-state index is 13.3. The smallest absolute Gasteiger partial charge is 0.308 e. The zero-order chi connectivity index (χ0) is 36.0. The van der Waals surface area contributed by atoms with E-state index in [1.807, 2.05) is 33.8 Å². The molecule has 0 aromatic carbocycles. The van der Waals surface area contributed by atoms with Crippen molar-refractivity contribution in [2.75, 3.05) is 13.7 Å². The van der Waals surface area contributed by atoms with Gasteiger partial charge in [0.05, 0.1) is 47.6 Å². The van der Waals surface area contributed by atoms with E-state index in [9.17, 15) is 25.2 Å². The molecule has 0 aromatic heterocycles. The van der Waals surface area contributed by atoms with E-state index in [0.717, 1.165) is 19.3 Å². The monoisotopic (exact) mass is 686 g/mol. The average Bonchev–Trinajstić information content (AvgIpc) is 3.05. The van der Waals surface area contributed by atoms with Crippen molar-refractivity contribution in [3.8, 4) is 0 Å². The molecule has 2 aliphatic heterocycles. The lowest BCUT2D eigenvalue weighted by Crippen LogP contribution is -2.65. The molecule has 15 atom stereocenters. The highest BCUT2D eigenvalue weighted by atomic mass is 16.7. The van der Waals surface area contributed by atoms with Crippen LogP contribution in [-0.4, -0.2) is 107 Å². The maximum absolute atomic E-state index is 13.3. The number of aliphatic hydroxyl groups excluding tert-OH is 3. The Morgan fingerprint density at radius 1 is 1.02 bits per heavy atom. The molecule has 0 aromatic rings. The molecule has 11 heteroatoms. The number of rotatable bonds is 17. The van der Waals surface area contributed by atoms with Gasteiger partial charge in [-0.2, -0.15) is 0 Å². The molecule has 4 N–H and O–H groups in total. The highest BCUT2D eigenvalue weighted by molar-refractivity contribution is 5.72. The minimum Gasteiger partial charge on any atom is -0.463 e. The minimum absolute atomic E-state index is 0.0392. The first-order chi connectivity index (χ1) is 22.5. The van der Waals surface area contributed by atoms with Gasteiger partial charge in [0.1, 0.15) is 18.8 Å². The molecule has 3 aliphatic rings. The van der Waals surface area contributed by atoms with Crippen LogP contribution >= 0.6 is 0 Å². The summed E-state index contributed by atoms with van der Waals surface area (Å²) < 4.78 is 37.0. The number of ether oxygens (including phenoxy) is 6. The summed E-state index contributed by atoms with van der Waals surface area (Å²) in [5.74, 6) is -1.59. The predicted octanol–water partition coefficient (Wildman–Crippen LogP) is 4.51. The number of carbonyl (C=O) groups excluding carboxylic acids is 1. The topological polar surface area (TPSA) is 153 Å². The summed E-state index contributed by atoms with van der Waals surface area (Å²) in [6, 6.07) is 0. The van der Waals surface area contributed by atoms with E-state index in [2.05, 4.69) is 13.0 Å². The molecule has 3 rings (SSSR count). The Bertz CT molecular complexity index is 1020.